The summed E-state index contributed by atoms with van der Waals surface area (Å²) in [5, 5.41) is 0.408. The van der Waals surface area contributed by atoms with Crippen LogP contribution in [0.3, 0.4) is 0 Å². The summed E-state index contributed by atoms with van der Waals surface area (Å²) in [4.78, 5) is 4.46. The van der Waals surface area contributed by atoms with Gasteiger partial charge in [0.05, 0.1) is 4.90 Å². The highest BCUT2D eigenvalue weighted by Gasteiger charge is 2.15. The number of hydrogen-bond donors (Lipinski definition) is 1. The number of aryl methyl sites for hydroxylation is 1. The van der Waals surface area contributed by atoms with E-state index in [1.54, 1.807) is 30.5 Å². The van der Waals surface area contributed by atoms with Gasteiger partial charge in [-0.1, -0.05) is 29.5 Å². The van der Waals surface area contributed by atoms with E-state index in [1.165, 1.54) is 11.8 Å². The number of thioether (sulfide) groups is 1. The molecule has 0 spiro atoms. The van der Waals surface area contributed by atoms with E-state index < -0.39 is 10.0 Å². The lowest BCUT2D eigenvalue weighted by Crippen LogP contribution is -2.29. The number of nitrogens with one attached hydrogen (secondary N) is 1. The molecule has 100 valence electrons. The smallest absolute Gasteiger partial charge is 0.259 e. The number of amidine groups is 1. The molecule has 0 fully saturated rings. The average molecular weight is 286 g/mol. The molecule has 0 radical (unpaired) electrons. The molecule has 0 amide bonds. The van der Waals surface area contributed by atoms with Gasteiger partial charge in [-0.05, 0) is 39.2 Å². The van der Waals surface area contributed by atoms with Crippen molar-refractivity contribution >= 4 is 27.0 Å². The molecular formula is C12H18N2O2S2. The molecule has 0 heterocycles. The van der Waals surface area contributed by atoms with Crippen LogP contribution in [0.5, 0.6) is 0 Å². The summed E-state index contributed by atoms with van der Waals surface area (Å²) in [6.07, 6.45) is 1.79. The highest BCUT2D eigenvalue weighted by molar-refractivity contribution is 8.14. The van der Waals surface area contributed by atoms with Crippen molar-refractivity contribution in [2.75, 3.05) is 6.26 Å². The van der Waals surface area contributed by atoms with Crippen LogP contribution in [0.15, 0.2) is 34.2 Å². The standard InChI is InChI=1S/C12H18N2O2S2/c1-9(2)13-12(17-4)14-18(15,16)11-7-5-10(3)6-8-11/h5-9H,1-4H3,(H,13,14). The van der Waals surface area contributed by atoms with Crippen molar-refractivity contribution in [2.24, 2.45) is 4.99 Å². The van der Waals surface area contributed by atoms with Crippen LogP contribution in [0, 0.1) is 6.92 Å². The van der Waals surface area contributed by atoms with Crippen molar-refractivity contribution in [2.45, 2.75) is 31.7 Å². The molecular weight excluding hydrogens is 268 g/mol. The number of nitrogens with zero attached hydrogens (tertiary/aromatic N) is 1. The van der Waals surface area contributed by atoms with Gasteiger partial charge >= 0.3 is 0 Å². The Morgan fingerprint density at radius 3 is 2.28 bits per heavy atom. The summed E-state index contributed by atoms with van der Waals surface area (Å²) >= 11 is 1.28. The average Bonchev–Trinajstić information content (AvgIpc) is 2.27. The Kier molecular flexibility index (Phi) is 5.22. The fourth-order valence-electron chi connectivity index (χ4n) is 1.25. The van der Waals surface area contributed by atoms with Gasteiger partial charge in [-0.25, -0.2) is 8.42 Å². The van der Waals surface area contributed by atoms with Gasteiger partial charge in [-0.3, -0.25) is 9.71 Å². The zero-order valence-electron chi connectivity index (χ0n) is 11.0. The zero-order chi connectivity index (χ0) is 13.8. The molecule has 0 aliphatic rings. The normalized spacial score (nSPS) is 12.8. The van der Waals surface area contributed by atoms with Crippen molar-refractivity contribution in [3.05, 3.63) is 29.8 Å². The minimum absolute atomic E-state index is 0.0492. The Hall–Kier alpha value is -1.01. The Labute approximate surface area is 113 Å². The summed E-state index contributed by atoms with van der Waals surface area (Å²) in [6, 6.07) is 6.77. The third-order valence-corrected chi connectivity index (χ3v) is 4.20. The van der Waals surface area contributed by atoms with Crippen molar-refractivity contribution in [3.8, 4) is 0 Å². The van der Waals surface area contributed by atoms with E-state index in [2.05, 4.69) is 9.71 Å². The molecule has 0 atom stereocenters. The molecule has 0 saturated heterocycles. The molecule has 0 unspecified atom stereocenters. The summed E-state index contributed by atoms with van der Waals surface area (Å²) in [5.41, 5.74) is 1.02. The maximum Gasteiger partial charge on any atom is 0.263 e. The first kappa shape index (κ1) is 15.0. The number of sulfonamides is 1. The Morgan fingerprint density at radius 1 is 1.28 bits per heavy atom. The van der Waals surface area contributed by atoms with Gasteiger partial charge in [0.25, 0.3) is 10.0 Å². The summed E-state index contributed by atoms with van der Waals surface area (Å²) in [7, 11) is -3.54. The van der Waals surface area contributed by atoms with Crippen LogP contribution in [-0.4, -0.2) is 25.9 Å². The van der Waals surface area contributed by atoms with E-state index in [4.69, 9.17) is 0 Å². The Morgan fingerprint density at radius 2 is 1.83 bits per heavy atom. The second-order valence-electron chi connectivity index (χ2n) is 4.15. The van der Waals surface area contributed by atoms with Crippen molar-refractivity contribution in [3.63, 3.8) is 0 Å². The van der Waals surface area contributed by atoms with E-state index in [9.17, 15) is 8.42 Å². The zero-order valence-corrected chi connectivity index (χ0v) is 12.6. The van der Waals surface area contributed by atoms with Crippen LogP contribution in [-0.2, 0) is 10.0 Å². The molecule has 6 heteroatoms. The maximum atomic E-state index is 12.1. The second-order valence-corrected chi connectivity index (χ2v) is 6.63. The predicted octanol–water partition coefficient (Wildman–Crippen LogP) is 2.40. The first-order valence-corrected chi connectivity index (χ1v) is 8.27. The van der Waals surface area contributed by atoms with Gasteiger partial charge in [0.15, 0.2) is 5.17 Å². The van der Waals surface area contributed by atoms with Crippen molar-refractivity contribution in [1.29, 1.82) is 0 Å². The molecule has 0 saturated carbocycles. The van der Waals surface area contributed by atoms with Crippen LogP contribution >= 0.6 is 11.8 Å². The van der Waals surface area contributed by atoms with Gasteiger partial charge in [0, 0.05) is 6.04 Å². The van der Waals surface area contributed by atoms with Gasteiger partial charge in [-0.15, -0.1) is 0 Å². The predicted molar refractivity (Wildman–Crippen MR) is 77.6 cm³/mol. The van der Waals surface area contributed by atoms with E-state index in [-0.39, 0.29) is 10.9 Å². The number of hydrogen-bond acceptors (Lipinski definition) is 4. The highest BCUT2D eigenvalue weighted by Crippen LogP contribution is 2.11. The van der Waals surface area contributed by atoms with Crippen LogP contribution in [0.4, 0.5) is 0 Å². The minimum atomic E-state index is -3.54. The first-order chi connectivity index (χ1) is 8.35. The first-order valence-electron chi connectivity index (χ1n) is 5.56. The van der Waals surface area contributed by atoms with Crippen molar-refractivity contribution < 1.29 is 8.42 Å². The summed E-state index contributed by atoms with van der Waals surface area (Å²) < 4.78 is 26.7. The number of rotatable bonds is 3. The lowest BCUT2D eigenvalue weighted by molar-refractivity contribution is 0.592. The number of benzene rings is 1. The Bertz CT molecular complexity index is 520. The monoisotopic (exact) mass is 286 g/mol. The van der Waals surface area contributed by atoms with Crippen molar-refractivity contribution in [1.82, 2.24) is 4.72 Å². The maximum absolute atomic E-state index is 12.1. The topological polar surface area (TPSA) is 58.5 Å². The lowest BCUT2D eigenvalue weighted by Gasteiger charge is -2.10. The van der Waals surface area contributed by atoms with E-state index in [0.29, 0.717) is 5.17 Å². The van der Waals surface area contributed by atoms with Gasteiger partial charge in [0.2, 0.25) is 0 Å². The second kappa shape index (κ2) is 6.24. The van der Waals surface area contributed by atoms with Gasteiger partial charge in [-0.2, -0.15) is 0 Å². The van der Waals surface area contributed by atoms with E-state index in [1.807, 2.05) is 20.8 Å². The fraction of sp³-hybridized carbons (Fsp3) is 0.417. The lowest BCUT2D eigenvalue weighted by atomic mass is 10.2. The minimum Gasteiger partial charge on any atom is -0.259 e. The summed E-state index contributed by atoms with van der Waals surface area (Å²) in [6.45, 7) is 5.71. The quantitative estimate of drug-likeness (QED) is 0.685. The van der Waals surface area contributed by atoms with Crippen LogP contribution in [0.1, 0.15) is 19.4 Å². The van der Waals surface area contributed by atoms with Gasteiger partial charge < -0.3 is 0 Å². The van der Waals surface area contributed by atoms with Crippen LogP contribution in [0.2, 0.25) is 0 Å². The summed E-state index contributed by atoms with van der Waals surface area (Å²) in [5.74, 6) is 0. The van der Waals surface area contributed by atoms with E-state index >= 15 is 0 Å². The third-order valence-electron chi connectivity index (χ3n) is 2.12. The molecule has 0 bridgehead atoms. The molecule has 18 heavy (non-hydrogen) atoms. The largest absolute Gasteiger partial charge is 0.263 e. The molecule has 0 aromatic heterocycles. The van der Waals surface area contributed by atoms with E-state index in [0.717, 1.165) is 5.56 Å². The highest BCUT2D eigenvalue weighted by atomic mass is 32.2. The molecule has 0 aliphatic carbocycles. The SMILES string of the molecule is CSC(=NC(C)C)NS(=O)(=O)c1ccc(C)cc1. The molecule has 0 aliphatic heterocycles. The van der Waals surface area contributed by atoms with Gasteiger partial charge in [0.1, 0.15) is 0 Å². The van der Waals surface area contributed by atoms with Crippen LogP contribution < -0.4 is 4.72 Å². The molecule has 4 nitrogen and oxygen atoms in total. The molecule has 1 aromatic carbocycles. The third kappa shape index (κ3) is 4.34. The molecule has 1 aromatic rings. The molecule has 1 rings (SSSR count). The Balaban J connectivity index is 2.97. The fourth-order valence-corrected chi connectivity index (χ4v) is 3.12. The molecule has 1 N–H and O–H groups in total. The number of aliphatic imine (C=N–C) groups is 1. The van der Waals surface area contributed by atoms with Crippen LogP contribution in [0.25, 0.3) is 0 Å².